The van der Waals surface area contributed by atoms with Crippen LogP contribution in [0.2, 0.25) is 0 Å². The zero-order valence-corrected chi connectivity index (χ0v) is 12.6. The Morgan fingerprint density at radius 1 is 0.455 bits per heavy atom. The van der Waals surface area contributed by atoms with Crippen LogP contribution in [0.5, 0.6) is 0 Å². The monoisotopic (exact) mass is 284 g/mol. The molecule has 0 radical (unpaired) electrons. The molecule has 0 aromatic heterocycles. The summed E-state index contributed by atoms with van der Waals surface area (Å²) in [4.78, 5) is 0. The zero-order chi connectivity index (χ0) is 15.5. The van der Waals surface area contributed by atoms with Gasteiger partial charge in [-0.2, -0.15) is 0 Å². The van der Waals surface area contributed by atoms with Crippen LogP contribution in [0.25, 0.3) is 18.2 Å². The second-order valence-electron chi connectivity index (χ2n) is 4.77. The lowest BCUT2D eigenvalue weighted by Crippen LogP contribution is -1.70. The van der Waals surface area contributed by atoms with Crippen LogP contribution in [0.15, 0.2) is 97.6 Å². The van der Waals surface area contributed by atoms with Crippen molar-refractivity contribution in [3.8, 4) is 0 Å². The normalized spacial score (nSPS) is 9.82. The molecule has 0 aliphatic rings. The first kappa shape index (κ1) is 15.5. The Kier molecular flexibility index (Phi) is 6.45. The van der Waals surface area contributed by atoms with Crippen LogP contribution in [0.4, 0.5) is 0 Å². The quantitative estimate of drug-likeness (QED) is 0.503. The number of benzene rings is 3. The molecule has 3 rings (SSSR count). The molecule has 0 amide bonds. The minimum Gasteiger partial charge on any atom is -0.0985 e. The van der Waals surface area contributed by atoms with E-state index in [1.807, 2.05) is 72.8 Å². The smallest absolute Gasteiger partial charge is 0.0256 e. The van der Waals surface area contributed by atoms with E-state index in [1.54, 1.807) is 0 Å². The van der Waals surface area contributed by atoms with E-state index in [4.69, 9.17) is 0 Å². The van der Waals surface area contributed by atoms with E-state index in [9.17, 15) is 0 Å². The van der Waals surface area contributed by atoms with Crippen molar-refractivity contribution in [2.45, 2.75) is 0 Å². The van der Waals surface area contributed by atoms with Crippen LogP contribution >= 0.6 is 0 Å². The molecular weight excluding hydrogens is 264 g/mol. The lowest BCUT2D eigenvalue weighted by atomic mass is 10.1. The Labute approximate surface area is 133 Å². The summed E-state index contributed by atoms with van der Waals surface area (Å²) in [7, 11) is 0. The molecule has 3 aromatic carbocycles. The molecule has 22 heavy (non-hydrogen) atoms. The first-order valence-corrected chi connectivity index (χ1v) is 7.34. The predicted octanol–water partition coefficient (Wildman–Crippen LogP) is 6.19. The van der Waals surface area contributed by atoms with Crippen molar-refractivity contribution in [2.75, 3.05) is 0 Å². The van der Waals surface area contributed by atoms with Gasteiger partial charge >= 0.3 is 0 Å². The molecule has 0 bridgehead atoms. The summed E-state index contributed by atoms with van der Waals surface area (Å²) in [5.74, 6) is 0. The topological polar surface area (TPSA) is 0 Å². The summed E-state index contributed by atoms with van der Waals surface area (Å²) in [5.41, 5.74) is 3.64. The lowest BCUT2D eigenvalue weighted by Gasteiger charge is -1.92. The van der Waals surface area contributed by atoms with Crippen LogP contribution in [0, 0.1) is 0 Å². The highest BCUT2D eigenvalue weighted by molar-refractivity contribution is 5.69. The van der Waals surface area contributed by atoms with Gasteiger partial charge in [-0.1, -0.05) is 116 Å². The fourth-order valence-corrected chi connectivity index (χ4v) is 1.91. The molecule has 0 unspecified atom stereocenters. The van der Waals surface area contributed by atoms with E-state index in [-0.39, 0.29) is 0 Å². The minimum absolute atomic E-state index is 1.17. The van der Waals surface area contributed by atoms with Crippen molar-refractivity contribution in [3.63, 3.8) is 0 Å². The Morgan fingerprint density at radius 3 is 1.05 bits per heavy atom. The Bertz CT molecular complexity index is 638. The highest BCUT2D eigenvalue weighted by Gasteiger charge is 1.84. The summed E-state index contributed by atoms with van der Waals surface area (Å²) in [6.45, 7) is 3.63. The fraction of sp³-hybridized carbons (Fsp3) is 0. The van der Waals surface area contributed by atoms with Crippen molar-refractivity contribution < 1.29 is 0 Å². The van der Waals surface area contributed by atoms with E-state index in [0.29, 0.717) is 0 Å². The minimum atomic E-state index is 1.17. The molecule has 0 atom stereocenters. The van der Waals surface area contributed by atoms with Crippen LogP contribution in [-0.2, 0) is 0 Å². The largest absolute Gasteiger partial charge is 0.0985 e. The van der Waals surface area contributed by atoms with Gasteiger partial charge in [-0.25, -0.2) is 0 Å². The molecule has 0 nitrogen and oxygen atoms in total. The maximum Gasteiger partial charge on any atom is -0.0256 e. The highest BCUT2D eigenvalue weighted by Crippen LogP contribution is 2.06. The fourth-order valence-electron chi connectivity index (χ4n) is 1.91. The van der Waals surface area contributed by atoms with E-state index in [0.717, 1.165) is 0 Å². The van der Waals surface area contributed by atoms with E-state index in [1.165, 1.54) is 16.7 Å². The molecule has 0 saturated heterocycles. The van der Waals surface area contributed by atoms with Crippen LogP contribution in [-0.4, -0.2) is 0 Å². The second kappa shape index (κ2) is 9.15. The van der Waals surface area contributed by atoms with E-state index < -0.39 is 0 Å². The summed E-state index contributed by atoms with van der Waals surface area (Å²) < 4.78 is 0. The van der Waals surface area contributed by atoms with Crippen molar-refractivity contribution in [3.05, 3.63) is 114 Å². The second-order valence-corrected chi connectivity index (χ2v) is 4.77. The number of hydrogen-bond donors (Lipinski definition) is 0. The Balaban J connectivity index is 0.000000188. The predicted molar refractivity (Wildman–Crippen MR) is 98.3 cm³/mol. The molecule has 0 fully saturated rings. The summed E-state index contributed by atoms with van der Waals surface area (Å²) >= 11 is 0. The van der Waals surface area contributed by atoms with Gasteiger partial charge in [0.1, 0.15) is 0 Å². The SMILES string of the molecule is C(=Cc1ccccc1)c1ccccc1.C=Cc1ccccc1. The van der Waals surface area contributed by atoms with Gasteiger partial charge in [0.2, 0.25) is 0 Å². The van der Waals surface area contributed by atoms with Crippen molar-refractivity contribution in [1.29, 1.82) is 0 Å². The van der Waals surface area contributed by atoms with Gasteiger partial charge in [0.25, 0.3) is 0 Å². The number of rotatable bonds is 3. The van der Waals surface area contributed by atoms with Crippen LogP contribution < -0.4 is 0 Å². The third-order valence-corrected chi connectivity index (χ3v) is 3.10. The van der Waals surface area contributed by atoms with Crippen LogP contribution in [0.1, 0.15) is 16.7 Å². The molecule has 0 N–H and O–H groups in total. The maximum absolute atomic E-state index is 3.63. The summed E-state index contributed by atoms with van der Waals surface area (Å²) in [5, 5.41) is 0. The summed E-state index contributed by atoms with van der Waals surface area (Å²) in [6, 6.07) is 30.7. The van der Waals surface area contributed by atoms with Gasteiger partial charge in [-0.05, 0) is 16.7 Å². The molecule has 0 aliphatic carbocycles. The van der Waals surface area contributed by atoms with Gasteiger partial charge < -0.3 is 0 Å². The highest BCUT2D eigenvalue weighted by atomic mass is 13.9. The molecule has 0 aliphatic heterocycles. The molecular formula is C22H20. The van der Waals surface area contributed by atoms with Crippen molar-refractivity contribution >= 4 is 18.2 Å². The van der Waals surface area contributed by atoms with Gasteiger partial charge in [-0.15, -0.1) is 0 Å². The first-order valence-electron chi connectivity index (χ1n) is 7.34. The maximum atomic E-state index is 3.63. The van der Waals surface area contributed by atoms with Crippen molar-refractivity contribution in [1.82, 2.24) is 0 Å². The average molecular weight is 284 g/mol. The van der Waals surface area contributed by atoms with Gasteiger partial charge in [0.05, 0.1) is 0 Å². The van der Waals surface area contributed by atoms with Crippen LogP contribution in [0.3, 0.4) is 0 Å². The first-order chi connectivity index (χ1) is 10.9. The molecule has 0 heterocycles. The Hall–Kier alpha value is -2.86. The number of hydrogen-bond acceptors (Lipinski definition) is 0. The third-order valence-electron chi connectivity index (χ3n) is 3.10. The molecule has 0 heteroatoms. The lowest BCUT2D eigenvalue weighted by molar-refractivity contribution is 1.65. The summed E-state index contributed by atoms with van der Waals surface area (Å²) in [6.07, 6.45) is 6.07. The third kappa shape index (κ3) is 5.64. The molecule has 3 aromatic rings. The standard InChI is InChI=1S/C14H12.C8H8/c1-3-7-13(8-4-1)11-12-14-9-5-2-6-10-14;1-2-8-6-4-3-5-7-8/h1-12H;2-7H,1H2. The molecule has 0 spiro atoms. The zero-order valence-electron chi connectivity index (χ0n) is 12.6. The molecule has 0 saturated carbocycles. The Morgan fingerprint density at radius 2 is 0.773 bits per heavy atom. The molecule has 108 valence electrons. The average Bonchev–Trinajstić information content (AvgIpc) is 2.63. The van der Waals surface area contributed by atoms with Gasteiger partial charge in [-0.3, -0.25) is 0 Å². The van der Waals surface area contributed by atoms with Crippen molar-refractivity contribution in [2.24, 2.45) is 0 Å². The van der Waals surface area contributed by atoms with Gasteiger partial charge in [0, 0.05) is 0 Å². The van der Waals surface area contributed by atoms with E-state index in [2.05, 4.69) is 43.0 Å². The van der Waals surface area contributed by atoms with E-state index >= 15 is 0 Å². The van der Waals surface area contributed by atoms with Gasteiger partial charge in [0.15, 0.2) is 0 Å².